The van der Waals surface area contributed by atoms with Gasteiger partial charge in [-0.2, -0.15) is 5.26 Å². The van der Waals surface area contributed by atoms with Crippen molar-refractivity contribution in [2.75, 3.05) is 24.2 Å². The van der Waals surface area contributed by atoms with Crippen molar-refractivity contribution in [3.8, 4) is 11.8 Å². The summed E-state index contributed by atoms with van der Waals surface area (Å²) in [6.45, 7) is -0.199. The SMILES string of the molecule is CN(C(=O)C(=O)Nc1ccc(F)cc1)[C@@H](CC1CC1)C(=O)N1C[C@@]2(C[C@H]1C#N)Oc1cccnc1NC2=O. The summed E-state index contributed by atoms with van der Waals surface area (Å²) in [7, 11) is 1.36. The summed E-state index contributed by atoms with van der Waals surface area (Å²) in [6, 6.07) is 8.28. The Morgan fingerprint density at radius 1 is 1.32 bits per heavy atom. The summed E-state index contributed by atoms with van der Waals surface area (Å²) in [5, 5.41) is 15.0. The van der Waals surface area contributed by atoms with Gasteiger partial charge in [0.25, 0.3) is 5.91 Å². The standard InChI is InChI=1S/C26H25FN6O5/c1-32(24(36)22(34)30-17-8-6-16(27)7-9-17)19(11-15-4-5-15)23(35)33-14-26(12-18(33)13-28)25(37)31-21-20(38-26)3-2-10-29-21/h2-3,6-10,15,18-19H,4-5,11-12,14H2,1H3,(H,30,34)(H,29,31,37)/t18-,19-,26+/m0/s1. The Bertz CT molecular complexity index is 1340. The van der Waals surface area contributed by atoms with Gasteiger partial charge in [-0.25, -0.2) is 9.37 Å². The molecule has 0 radical (unpaired) electrons. The van der Waals surface area contributed by atoms with E-state index in [-0.39, 0.29) is 30.4 Å². The van der Waals surface area contributed by atoms with E-state index < -0.39 is 47.1 Å². The second kappa shape index (κ2) is 9.74. The van der Waals surface area contributed by atoms with Crippen LogP contribution >= 0.6 is 0 Å². The lowest BCUT2D eigenvalue weighted by Gasteiger charge is -2.34. The minimum Gasteiger partial charge on any atom is -0.472 e. The summed E-state index contributed by atoms with van der Waals surface area (Å²) < 4.78 is 19.2. The number of benzene rings is 1. The summed E-state index contributed by atoms with van der Waals surface area (Å²) in [5.41, 5.74) is -1.26. The fourth-order valence-corrected chi connectivity index (χ4v) is 4.81. The van der Waals surface area contributed by atoms with E-state index in [1.165, 1.54) is 30.3 Å². The lowest BCUT2D eigenvalue weighted by atomic mass is 9.97. The molecule has 2 aliphatic heterocycles. The zero-order valence-electron chi connectivity index (χ0n) is 20.5. The topological polar surface area (TPSA) is 145 Å². The molecule has 2 aromatic rings. The number of amides is 4. The highest BCUT2D eigenvalue weighted by Crippen LogP contribution is 2.40. The number of halogens is 1. The third-order valence-corrected chi connectivity index (χ3v) is 7.10. The van der Waals surface area contributed by atoms with E-state index >= 15 is 0 Å². The van der Waals surface area contributed by atoms with Crippen LogP contribution in [0.3, 0.4) is 0 Å². The highest BCUT2D eigenvalue weighted by Gasteiger charge is 2.56. The fraction of sp³-hybridized carbons (Fsp3) is 0.385. The van der Waals surface area contributed by atoms with Gasteiger partial charge in [0.15, 0.2) is 11.6 Å². The number of ether oxygens (including phenoxy) is 1. The highest BCUT2D eigenvalue weighted by molar-refractivity contribution is 6.39. The van der Waals surface area contributed by atoms with Crippen LogP contribution in [0.2, 0.25) is 0 Å². The molecule has 196 valence electrons. The van der Waals surface area contributed by atoms with E-state index in [1.54, 1.807) is 12.1 Å². The Balaban J connectivity index is 1.35. The first-order valence-corrected chi connectivity index (χ1v) is 12.2. The molecule has 1 aromatic heterocycles. The van der Waals surface area contributed by atoms with Crippen molar-refractivity contribution in [1.29, 1.82) is 5.26 Å². The van der Waals surface area contributed by atoms with Crippen LogP contribution in [-0.4, -0.2) is 69.7 Å². The highest BCUT2D eigenvalue weighted by atomic mass is 19.1. The van der Waals surface area contributed by atoms with E-state index in [0.29, 0.717) is 12.2 Å². The van der Waals surface area contributed by atoms with Crippen molar-refractivity contribution in [3.63, 3.8) is 0 Å². The van der Waals surface area contributed by atoms with Crippen LogP contribution in [0.25, 0.3) is 0 Å². The van der Waals surface area contributed by atoms with Gasteiger partial charge in [0.2, 0.25) is 11.5 Å². The summed E-state index contributed by atoms with van der Waals surface area (Å²) >= 11 is 0. The van der Waals surface area contributed by atoms with Crippen molar-refractivity contribution in [3.05, 3.63) is 48.4 Å². The van der Waals surface area contributed by atoms with Gasteiger partial charge in [0.05, 0.1) is 12.6 Å². The van der Waals surface area contributed by atoms with Gasteiger partial charge in [0.1, 0.15) is 17.9 Å². The maximum absolute atomic E-state index is 13.8. The Morgan fingerprint density at radius 2 is 2.05 bits per heavy atom. The number of nitrogens with zero attached hydrogens (tertiary/aromatic N) is 4. The molecular weight excluding hydrogens is 495 g/mol. The lowest BCUT2D eigenvalue weighted by molar-refractivity contribution is -0.149. The molecule has 3 aliphatic rings. The van der Waals surface area contributed by atoms with Crippen molar-refractivity contribution in [2.24, 2.45) is 5.92 Å². The number of likely N-dealkylation sites (N-methyl/N-ethyl adjacent to an activating group) is 1. The van der Waals surface area contributed by atoms with Crippen molar-refractivity contribution >= 4 is 35.1 Å². The van der Waals surface area contributed by atoms with Gasteiger partial charge >= 0.3 is 11.8 Å². The smallest absolute Gasteiger partial charge is 0.313 e. The van der Waals surface area contributed by atoms with Crippen LogP contribution in [0, 0.1) is 23.1 Å². The normalized spacial score (nSPS) is 22.5. The molecule has 4 amide bonds. The summed E-state index contributed by atoms with van der Waals surface area (Å²) in [5.74, 6) is -2.71. The minimum atomic E-state index is -1.49. The summed E-state index contributed by atoms with van der Waals surface area (Å²) in [6.07, 6.45) is 3.52. The number of carbonyl (C=O) groups is 4. The molecule has 11 nitrogen and oxygen atoms in total. The third kappa shape index (κ3) is 4.74. The zero-order valence-corrected chi connectivity index (χ0v) is 20.5. The van der Waals surface area contributed by atoms with E-state index in [0.717, 1.165) is 29.9 Å². The quantitative estimate of drug-likeness (QED) is 0.571. The average molecular weight is 521 g/mol. The van der Waals surface area contributed by atoms with E-state index in [1.807, 2.05) is 0 Å². The predicted molar refractivity (Wildman–Crippen MR) is 131 cm³/mol. The van der Waals surface area contributed by atoms with Crippen LogP contribution in [0.15, 0.2) is 42.6 Å². The Kier molecular flexibility index (Phi) is 6.44. The largest absolute Gasteiger partial charge is 0.472 e. The number of hydrogen-bond acceptors (Lipinski definition) is 7. The molecule has 2 fully saturated rings. The predicted octanol–water partition coefficient (Wildman–Crippen LogP) is 1.68. The van der Waals surface area contributed by atoms with E-state index in [2.05, 4.69) is 21.7 Å². The van der Waals surface area contributed by atoms with Gasteiger partial charge in [-0.3, -0.25) is 19.2 Å². The summed E-state index contributed by atoms with van der Waals surface area (Å²) in [4.78, 5) is 58.9. The van der Waals surface area contributed by atoms with Crippen LogP contribution in [0.4, 0.5) is 15.9 Å². The fourth-order valence-electron chi connectivity index (χ4n) is 4.81. The van der Waals surface area contributed by atoms with E-state index in [4.69, 9.17) is 4.74 Å². The Labute approximate surface area is 217 Å². The number of nitriles is 1. The molecule has 3 atom stereocenters. The second-order valence-corrected chi connectivity index (χ2v) is 9.79. The molecular formula is C26H25FN6O5. The molecule has 1 aliphatic carbocycles. The van der Waals surface area contributed by atoms with Crippen molar-refractivity contribution < 1.29 is 28.3 Å². The van der Waals surface area contributed by atoms with Crippen molar-refractivity contribution in [1.82, 2.24) is 14.8 Å². The number of pyridine rings is 1. The molecule has 0 bridgehead atoms. The molecule has 5 rings (SSSR count). The zero-order chi connectivity index (χ0) is 27.0. The monoisotopic (exact) mass is 520 g/mol. The average Bonchev–Trinajstić information content (AvgIpc) is 3.66. The minimum absolute atomic E-state index is 0.0612. The Morgan fingerprint density at radius 3 is 2.74 bits per heavy atom. The number of likely N-dealkylation sites (tertiary alicyclic amines) is 1. The first-order chi connectivity index (χ1) is 18.2. The Hall–Kier alpha value is -4.53. The van der Waals surface area contributed by atoms with Gasteiger partial charge in [-0.1, -0.05) is 12.8 Å². The molecule has 12 heteroatoms. The number of hydrogen-bond donors (Lipinski definition) is 2. The molecule has 1 spiro atoms. The molecule has 1 saturated carbocycles. The van der Waals surface area contributed by atoms with Gasteiger partial charge in [0, 0.05) is 25.4 Å². The van der Waals surface area contributed by atoms with Crippen molar-refractivity contribution in [2.45, 2.75) is 43.4 Å². The molecule has 2 N–H and O–H groups in total. The van der Waals surface area contributed by atoms with Crippen LogP contribution in [0.5, 0.6) is 5.75 Å². The maximum atomic E-state index is 13.8. The van der Waals surface area contributed by atoms with Crippen LogP contribution in [-0.2, 0) is 19.2 Å². The number of aromatic nitrogens is 1. The third-order valence-electron chi connectivity index (χ3n) is 7.10. The number of nitrogens with one attached hydrogen (secondary N) is 2. The number of anilines is 2. The van der Waals surface area contributed by atoms with Gasteiger partial charge < -0.3 is 25.2 Å². The molecule has 3 heterocycles. The maximum Gasteiger partial charge on any atom is 0.313 e. The number of carbonyl (C=O) groups excluding carboxylic acids is 4. The molecule has 1 saturated heterocycles. The molecule has 0 unspecified atom stereocenters. The first-order valence-electron chi connectivity index (χ1n) is 12.2. The first kappa shape index (κ1) is 25.1. The van der Waals surface area contributed by atoms with Crippen LogP contribution < -0.4 is 15.4 Å². The van der Waals surface area contributed by atoms with Gasteiger partial charge in [-0.15, -0.1) is 0 Å². The van der Waals surface area contributed by atoms with Crippen LogP contribution in [0.1, 0.15) is 25.7 Å². The number of fused-ring (bicyclic) bond motifs is 1. The van der Waals surface area contributed by atoms with E-state index in [9.17, 15) is 28.8 Å². The lowest BCUT2D eigenvalue weighted by Crippen LogP contribution is -2.56. The number of rotatable bonds is 5. The molecule has 38 heavy (non-hydrogen) atoms. The molecule has 1 aromatic carbocycles. The van der Waals surface area contributed by atoms with Gasteiger partial charge in [-0.05, 0) is 48.7 Å². The second-order valence-electron chi connectivity index (χ2n) is 9.79.